The van der Waals surface area contributed by atoms with Gasteiger partial charge in [-0.25, -0.2) is 4.98 Å². The summed E-state index contributed by atoms with van der Waals surface area (Å²) < 4.78 is 0. The molecule has 0 bridgehead atoms. The summed E-state index contributed by atoms with van der Waals surface area (Å²) in [6.07, 6.45) is 1.33. The van der Waals surface area contributed by atoms with E-state index in [0.717, 1.165) is 0 Å². The van der Waals surface area contributed by atoms with E-state index in [-0.39, 0.29) is 28.9 Å². The molecule has 0 unspecified atom stereocenters. The Hall–Kier alpha value is -1.26. The van der Waals surface area contributed by atoms with Gasteiger partial charge in [0.25, 0.3) is 5.91 Å². The van der Waals surface area contributed by atoms with E-state index in [1.165, 1.54) is 12.3 Å². The molecule has 80 valence electrons. The normalized spacial score (nSPS) is 9.73. The molecule has 0 saturated heterocycles. The SMILES string of the molecule is C=C(Cl)CNC(=O)c1cc(Cl)ncc1N. The molecule has 1 aromatic heterocycles. The van der Waals surface area contributed by atoms with Gasteiger partial charge in [0.15, 0.2) is 0 Å². The van der Waals surface area contributed by atoms with Gasteiger partial charge in [-0.2, -0.15) is 0 Å². The van der Waals surface area contributed by atoms with Crippen LogP contribution in [0.25, 0.3) is 0 Å². The number of halogens is 2. The van der Waals surface area contributed by atoms with Gasteiger partial charge < -0.3 is 11.1 Å². The first-order valence-corrected chi connectivity index (χ1v) is 4.79. The van der Waals surface area contributed by atoms with E-state index in [4.69, 9.17) is 28.9 Å². The van der Waals surface area contributed by atoms with Crippen LogP contribution in [0.3, 0.4) is 0 Å². The number of carbonyl (C=O) groups excluding carboxylic acids is 1. The van der Waals surface area contributed by atoms with Crippen LogP contribution in [0.1, 0.15) is 10.4 Å². The highest BCUT2D eigenvalue weighted by Gasteiger charge is 2.10. The van der Waals surface area contributed by atoms with Crippen LogP contribution in [-0.4, -0.2) is 17.4 Å². The fraction of sp³-hybridized carbons (Fsp3) is 0.111. The largest absolute Gasteiger partial charge is 0.397 e. The molecule has 0 aromatic carbocycles. The smallest absolute Gasteiger partial charge is 0.253 e. The number of hydrogen-bond donors (Lipinski definition) is 2. The number of nitrogens with zero attached hydrogens (tertiary/aromatic N) is 1. The van der Waals surface area contributed by atoms with Crippen LogP contribution in [0.5, 0.6) is 0 Å². The zero-order valence-electron chi connectivity index (χ0n) is 7.76. The molecule has 0 spiro atoms. The predicted octanol–water partition coefficient (Wildman–Crippen LogP) is 1.80. The summed E-state index contributed by atoms with van der Waals surface area (Å²) in [6, 6.07) is 1.39. The first-order chi connectivity index (χ1) is 7.00. The van der Waals surface area contributed by atoms with E-state index in [0.29, 0.717) is 5.03 Å². The fourth-order valence-corrected chi connectivity index (χ4v) is 1.13. The van der Waals surface area contributed by atoms with Gasteiger partial charge in [0.1, 0.15) is 5.15 Å². The van der Waals surface area contributed by atoms with Crippen molar-refractivity contribution >= 4 is 34.8 Å². The first kappa shape index (κ1) is 11.8. The van der Waals surface area contributed by atoms with Crippen molar-refractivity contribution in [3.63, 3.8) is 0 Å². The number of anilines is 1. The summed E-state index contributed by atoms with van der Waals surface area (Å²) in [6.45, 7) is 3.62. The molecule has 1 amide bonds. The lowest BCUT2D eigenvalue weighted by atomic mass is 10.2. The molecule has 0 aliphatic heterocycles. The van der Waals surface area contributed by atoms with Crippen molar-refractivity contribution in [1.82, 2.24) is 10.3 Å². The van der Waals surface area contributed by atoms with Gasteiger partial charge in [-0.05, 0) is 6.07 Å². The van der Waals surface area contributed by atoms with Crippen LogP contribution < -0.4 is 11.1 Å². The number of rotatable bonds is 3. The first-order valence-electron chi connectivity index (χ1n) is 4.03. The topological polar surface area (TPSA) is 68.0 Å². The van der Waals surface area contributed by atoms with Gasteiger partial charge in [0, 0.05) is 5.03 Å². The number of nitrogens with one attached hydrogen (secondary N) is 1. The summed E-state index contributed by atoms with van der Waals surface area (Å²) in [7, 11) is 0. The highest BCUT2D eigenvalue weighted by atomic mass is 35.5. The molecule has 1 rings (SSSR count). The van der Waals surface area contributed by atoms with Gasteiger partial charge in [0.2, 0.25) is 0 Å². The minimum Gasteiger partial charge on any atom is -0.397 e. The van der Waals surface area contributed by atoms with Crippen molar-refractivity contribution in [2.75, 3.05) is 12.3 Å². The van der Waals surface area contributed by atoms with Crippen LogP contribution in [-0.2, 0) is 0 Å². The maximum absolute atomic E-state index is 11.5. The van der Waals surface area contributed by atoms with Gasteiger partial charge in [-0.1, -0.05) is 29.8 Å². The highest BCUT2D eigenvalue weighted by Crippen LogP contribution is 2.14. The van der Waals surface area contributed by atoms with Gasteiger partial charge in [-0.15, -0.1) is 0 Å². The van der Waals surface area contributed by atoms with Crippen molar-refractivity contribution in [2.24, 2.45) is 0 Å². The lowest BCUT2D eigenvalue weighted by Gasteiger charge is -2.06. The van der Waals surface area contributed by atoms with E-state index in [1.807, 2.05) is 0 Å². The predicted molar refractivity (Wildman–Crippen MR) is 61.0 cm³/mol. The van der Waals surface area contributed by atoms with E-state index in [2.05, 4.69) is 16.9 Å². The second-order valence-electron chi connectivity index (χ2n) is 2.79. The Balaban J connectivity index is 2.81. The number of nitrogen functional groups attached to an aromatic ring is 1. The molecule has 0 saturated carbocycles. The molecule has 6 heteroatoms. The number of nitrogens with two attached hydrogens (primary N) is 1. The van der Waals surface area contributed by atoms with Gasteiger partial charge >= 0.3 is 0 Å². The van der Waals surface area contributed by atoms with E-state index in [1.54, 1.807) is 0 Å². The highest BCUT2D eigenvalue weighted by molar-refractivity contribution is 6.30. The van der Waals surface area contributed by atoms with Crippen LogP contribution in [0.4, 0.5) is 5.69 Å². The molecule has 0 aliphatic carbocycles. The molecular formula is C9H9Cl2N3O. The summed E-state index contributed by atoms with van der Waals surface area (Å²) in [5.74, 6) is -0.362. The summed E-state index contributed by atoms with van der Waals surface area (Å²) in [5.41, 5.74) is 6.09. The van der Waals surface area contributed by atoms with Crippen molar-refractivity contribution in [1.29, 1.82) is 0 Å². The van der Waals surface area contributed by atoms with Crippen LogP contribution >= 0.6 is 23.2 Å². The number of hydrogen-bond acceptors (Lipinski definition) is 3. The molecule has 15 heavy (non-hydrogen) atoms. The molecule has 1 aromatic rings. The molecular weight excluding hydrogens is 237 g/mol. The number of carbonyl (C=O) groups is 1. The Kier molecular flexibility index (Phi) is 3.94. The van der Waals surface area contributed by atoms with Crippen molar-refractivity contribution in [3.05, 3.63) is 34.6 Å². The lowest BCUT2D eigenvalue weighted by Crippen LogP contribution is -2.25. The van der Waals surface area contributed by atoms with Gasteiger partial charge in [-0.3, -0.25) is 4.79 Å². The van der Waals surface area contributed by atoms with E-state index >= 15 is 0 Å². The zero-order chi connectivity index (χ0) is 11.4. The number of pyridine rings is 1. The number of aromatic nitrogens is 1. The maximum Gasteiger partial charge on any atom is 0.253 e. The quantitative estimate of drug-likeness (QED) is 0.799. The Labute approximate surface area is 97.1 Å². The second-order valence-corrected chi connectivity index (χ2v) is 3.72. The summed E-state index contributed by atoms with van der Waals surface area (Å²) in [4.78, 5) is 15.3. The standard InChI is InChI=1S/C9H9Cl2N3O/c1-5(10)3-14-9(15)6-2-8(11)13-4-7(6)12/h2,4H,1,3,12H2,(H,14,15). The van der Waals surface area contributed by atoms with Crippen molar-refractivity contribution in [2.45, 2.75) is 0 Å². The minimum atomic E-state index is -0.362. The zero-order valence-corrected chi connectivity index (χ0v) is 9.27. The third kappa shape index (κ3) is 3.42. The third-order valence-corrected chi connectivity index (χ3v) is 1.93. The molecule has 0 atom stereocenters. The van der Waals surface area contributed by atoms with Crippen LogP contribution in [0, 0.1) is 0 Å². The Bertz CT molecular complexity index is 406. The van der Waals surface area contributed by atoms with Crippen LogP contribution in [0.2, 0.25) is 5.15 Å². The van der Waals surface area contributed by atoms with Crippen molar-refractivity contribution < 1.29 is 4.79 Å². The van der Waals surface area contributed by atoms with Crippen molar-refractivity contribution in [3.8, 4) is 0 Å². The number of amides is 1. The average Bonchev–Trinajstić information content (AvgIpc) is 2.18. The fourth-order valence-electron chi connectivity index (χ4n) is 0.909. The Morgan fingerprint density at radius 3 is 2.93 bits per heavy atom. The third-order valence-electron chi connectivity index (χ3n) is 1.59. The average molecular weight is 246 g/mol. The van der Waals surface area contributed by atoms with E-state index in [9.17, 15) is 4.79 Å². The van der Waals surface area contributed by atoms with Crippen LogP contribution in [0.15, 0.2) is 23.9 Å². The molecule has 4 nitrogen and oxygen atoms in total. The molecule has 0 fully saturated rings. The molecule has 1 heterocycles. The van der Waals surface area contributed by atoms with Gasteiger partial charge in [0.05, 0.1) is 24.0 Å². The second kappa shape index (κ2) is 5.00. The van der Waals surface area contributed by atoms with E-state index < -0.39 is 0 Å². The minimum absolute atomic E-state index is 0.180. The Morgan fingerprint density at radius 1 is 1.67 bits per heavy atom. The molecule has 3 N–H and O–H groups in total. The molecule has 0 radical (unpaired) electrons. The summed E-state index contributed by atoms with van der Waals surface area (Å²) >= 11 is 11.1. The lowest BCUT2D eigenvalue weighted by molar-refractivity contribution is 0.0958. The monoisotopic (exact) mass is 245 g/mol. The summed E-state index contributed by atoms with van der Waals surface area (Å²) in [5, 5.41) is 3.07. The molecule has 0 aliphatic rings. The maximum atomic E-state index is 11.5. The Morgan fingerprint density at radius 2 is 2.33 bits per heavy atom.